The molecule has 0 spiro atoms. The van der Waals surface area contributed by atoms with Crippen LogP contribution in [0, 0.1) is 0 Å². The molecule has 0 aliphatic heterocycles. The summed E-state index contributed by atoms with van der Waals surface area (Å²) in [5, 5.41) is 4.33. The van der Waals surface area contributed by atoms with E-state index in [9.17, 15) is 0 Å². The predicted octanol–water partition coefficient (Wildman–Crippen LogP) is 2.76. The van der Waals surface area contributed by atoms with Crippen molar-refractivity contribution in [1.82, 2.24) is 0 Å². The van der Waals surface area contributed by atoms with E-state index in [-0.39, 0.29) is 11.5 Å². The highest BCUT2D eigenvalue weighted by Crippen LogP contribution is 2.29. The smallest absolute Gasteiger partial charge is 0.00187 e. The van der Waals surface area contributed by atoms with Gasteiger partial charge in [-0.15, -0.1) is 0 Å². The molecule has 0 bridgehead atoms. The van der Waals surface area contributed by atoms with Gasteiger partial charge in [-0.1, -0.05) is 13.8 Å². The molecule has 1 rings (SSSR count). The minimum atomic E-state index is 0.230. The second-order valence-electron chi connectivity index (χ2n) is 4.08. The van der Waals surface area contributed by atoms with Crippen molar-refractivity contribution in [2.45, 2.75) is 38.6 Å². The maximum atomic E-state index is 5.79. The van der Waals surface area contributed by atoms with Gasteiger partial charge in [0.1, 0.15) is 0 Å². The number of rotatable bonds is 3. The van der Waals surface area contributed by atoms with Crippen molar-refractivity contribution in [3.8, 4) is 0 Å². The largest absolute Gasteiger partial charge is 0.328 e. The van der Waals surface area contributed by atoms with Gasteiger partial charge in [0, 0.05) is 6.04 Å². The molecule has 1 aromatic rings. The topological polar surface area (TPSA) is 26.0 Å². The summed E-state index contributed by atoms with van der Waals surface area (Å²) in [6, 6.07) is 2.47. The van der Waals surface area contributed by atoms with E-state index in [4.69, 9.17) is 5.73 Å². The molecule has 0 saturated carbocycles. The summed E-state index contributed by atoms with van der Waals surface area (Å²) in [6.07, 6.45) is 1.05. The molecule has 1 heterocycles. The Morgan fingerprint density at radius 1 is 1.58 bits per heavy atom. The lowest BCUT2D eigenvalue weighted by Crippen LogP contribution is -2.27. The van der Waals surface area contributed by atoms with Crippen molar-refractivity contribution in [2.75, 3.05) is 0 Å². The normalized spacial score (nSPS) is 14.7. The first-order valence-corrected chi connectivity index (χ1v) is 5.25. The second-order valence-corrected chi connectivity index (χ2v) is 4.86. The molecule has 12 heavy (non-hydrogen) atoms. The number of hydrogen-bond donors (Lipinski definition) is 1. The molecule has 0 aromatic carbocycles. The number of thiophene rings is 1. The van der Waals surface area contributed by atoms with Gasteiger partial charge in [-0.05, 0) is 41.1 Å². The fourth-order valence-corrected chi connectivity index (χ4v) is 2.42. The van der Waals surface area contributed by atoms with Crippen LogP contribution in [0.25, 0.3) is 0 Å². The zero-order valence-electron chi connectivity index (χ0n) is 8.00. The zero-order chi connectivity index (χ0) is 9.19. The van der Waals surface area contributed by atoms with Crippen LogP contribution in [-0.4, -0.2) is 6.04 Å². The molecule has 0 amide bonds. The minimum Gasteiger partial charge on any atom is -0.328 e. The lowest BCUT2D eigenvalue weighted by atomic mass is 9.81. The number of nitrogens with two attached hydrogens (primary N) is 1. The summed E-state index contributed by atoms with van der Waals surface area (Å²) in [5.74, 6) is 0. The van der Waals surface area contributed by atoms with Crippen molar-refractivity contribution in [1.29, 1.82) is 0 Å². The maximum Gasteiger partial charge on any atom is 0.00187 e. The van der Waals surface area contributed by atoms with E-state index < -0.39 is 0 Å². The monoisotopic (exact) mass is 183 g/mol. The lowest BCUT2D eigenvalue weighted by Gasteiger charge is -2.25. The van der Waals surface area contributed by atoms with Crippen LogP contribution in [0.15, 0.2) is 16.8 Å². The van der Waals surface area contributed by atoms with Crippen LogP contribution in [-0.2, 0) is 5.41 Å². The fourth-order valence-electron chi connectivity index (χ4n) is 1.57. The quantitative estimate of drug-likeness (QED) is 0.766. The fraction of sp³-hybridized carbons (Fsp3) is 0.600. The van der Waals surface area contributed by atoms with E-state index in [1.807, 2.05) is 0 Å². The molecule has 0 saturated heterocycles. The molecule has 2 N–H and O–H groups in total. The molecular formula is C10H17NS. The third-order valence-electron chi connectivity index (χ3n) is 2.13. The molecule has 0 fully saturated rings. The summed E-state index contributed by atoms with van der Waals surface area (Å²) < 4.78 is 0. The van der Waals surface area contributed by atoms with E-state index in [1.165, 1.54) is 5.56 Å². The molecule has 1 aromatic heterocycles. The van der Waals surface area contributed by atoms with Gasteiger partial charge >= 0.3 is 0 Å². The van der Waals surface area contributed by atoms with Gasteiger partial charge < -0.3 is 5.73 Å². The van der Waals surface area contributed by atoms with E-state index in [2.05, 4.69) is 37.6 Å². The summed E-state index contributed by atoms with van der Waals surface area (Å²) >= 11 is 1.75. The van der Waals surface area contributed by atoms with Crippen LogP contribution in [0.1, 0.15) is 32.8 Å². The third-order valence-corrected chi connectivity index (χ3v) is 2.82. The van der Waals surface area contributed by atoms with Crippen LogP contribution in [0.3, 0.4) is 0 Å². The van der Waals surface area contributed by atoms with Crippen molar-refractivity contribution < 1.29 is 0 Å². The van der Waals surface area contributed by atoms with Gasteiger partial charge in [-0.2, -0.15) is 11.3 Å². The molecule has 0 radical (unpaired) electrons. The molecule has 1 nitrogen and oxygen atoms in total. The van der Waals surface area contributed by atoms with E-state index in [0.29, 0.717) is 0 Å². The zero-order valence-corrected chi connectivity index (χ0v) is 8.82. The Bertz CT molecular complexity index is 224. The molecule has 68 valence electrons. The lowest BCUT2D eigenvalue weighted by molar-refractivity contribution is 0.438. The van der Waals surface area contributed by atoms with Crippen LogP contribution in [0.4, 0.5) is 0 Å². The molecule has 0 aliphatic rings. The van der Waals surface area contributed by atoms with Gasteiger partial charge in [-0.25, -0.2) is 0 Å². The first-order valence-electron chi connectivity index (χ1n) is 4.30. The first-order chi connectivity index (χ1) is 5.52. The Labute approximate surface area is 78.6 Å². The molecule has 1 unspecified atom stereocenters. The van der Waals surface area contributed by atoms with Gasteiger partial charge in [0.2, 0.25) is 0 Å². The van der Waals surface area contributed by atoms with Crippen LogP contribution in [0.5, 0.6) is 0 Å². The highest BCUT2D eigenvalue weighted by Gasteiger charge is 2.21. The van der Waals surface area contributed by atoms with Crippen LogP contribution >= 0.6 is 11.3 Å². The van der Waals surface area contributed by atoms with Gasteiger partial charge in [0.05, 0.1) is 0 Å². The SMILES string of the molecule is CC(N)CC(C)(C)c1ccsc1. The van der Waals surface area contributed by atoms with Crippen molar-refractivity contribution in [3.05, 3.63) is 22.4 Å². The second kappa shape index (κ2) is 3.58. The Morgan fingerprint density at radius 2 is 2.25 bits per heavy atom. The highest BCUT2D eigenvalue weighted by molar-refractivity contribution is 7.08. The summed E-state index contributed by atoms with van der Waals surface area (Å²) in [6.45, 7) is 6.56. The molecule has 1 atom stereocenters. The average molecular weight is 183 g/mol. The Morgan fingerprint density at radius 3 is 2.67 bits per heavy atom. The van der Waals surface area contributed by atoms with Crippen LogP contribution in [0.2, 0.25) is 0 Å². The van der Waals surface area contributed by atoms with Gasteiger partial charge in [0.25, 0.3) is 0 Å². The minimum absolute atomic E-state index is 0.230. The Hall–Kier alpha value is -0.340. The van der Waals surface area contributed by atoms with E-state index in [1.54, 1.807) is 11.3 Å². The van der Waals surface area contributed by atoms with Crippen LogP contribution < -0.4 is 5.73 Å². The first kappa shape index (κ1) is 9.75. The third kappa shape index (κ3) is 2.32. The van der Waals surface area contributed by atoms with E-state index >= 15 is 0 Å². The standard InChI is InChI=1S/C10H17NS/c1-8(11)6-10(2,3)9-4-5-12-7-9/h4-5,7-8H,6,11H2,1-3H3. The summed E-state index contributed by atoms with van der Waals surface area (Å²) in [7, 11) is 0. The summed E-state index contributed by atoms with van der Waals surface area (Å²) in [4.78, 5) is 0. The predicted molar refractivity (Wildman–Crippen MR) is 55.6 cm³/mol. The van der Waals surface area contributed by atoms with E-state index in [0.717, 1.165) is 6.42 Å². The summed E-state index contributed by atoms with van der Waals surface area (Å²) in [5.41, 5.74) is 7.43. The maximum absolute atomic E-state index is 5.79. The highest BCUT2D eigenvalue weighted by atomic mass is 32.1. The molecule has 0 aliphatic carbocycles. The van der Waals surface area contributed by atoms with Gasteiger partial charge in [-0.3, -0.25) is 0 Å². The molecular weight excluding hydrogens is 166 g/mol. The Kier molecular flexibility index (Phi) is 2.91. The Balaban J connectivity index is 2.72. The average Bonchev–Trinajstić information content (AvgIpc) is 2.32. The molecule has 2 heteroatoms. The van der Waals surface area contributed by atoms with Gasteiger partial charge in [0.15, 0.2) is 0 Å². The number of hydrogen-bond acceptors (Lipinski definition) is 2. The van der Waals surface area contributed by atoms with Crippen molar-refractivity contribution in [2.24, 2.45) is 5.73 Å². The van der Waals surface area contributed by atoms with Crippen molar-refractivity contribution in [3.63, 3.8) is 0 Å². The van der Waals surface area contributed by atoms with Crippen molar-refractivity contribution >= 4 is 11.3 Å².